The molecular weight excluding hydrogens is 504 g/mol. The second kappa shape index (κ2) is 15.7. The third-order valence-electron chi connectivity index (χ3n) is 6.12. The number of rotatable bonds is 16. The third-order valence-corrected chi connectivity index (χ3v) is 6.12. The van der Waals surface area contributed by atoms with Gasteiger partial charge in [-0.3, -0.25) is 0 Å². The predicted molar refractivity (Wildman–Crippen MR) is 143 cm³/mol. The van der Waals surface area contributed by atoms with Crippen LogP contribution in [0.1, 0.15) is 57.3 Å². The van der Waals surface area contributed by atoms with Crippen molar-refractivity contribution in [2.45, 2.75) is 63.9 Å². The van der Waals surface area contributed by atoms with E-state index in [9.17, 15) is 19.5 Å². The Kier molecular flexibility index (Phi) is 12.0. The number of hydrogen-bond donors (Lipinski definition) is 1. The summed E-state index contributed by atoms with van der Waals surface area (Å²) in [7, 11) is 0. The molecule has 0 saturated carbocycles. The summed E-state index contributed by atoms with van der Waals surface area (Å²) in [5.41, 5.74) is 2.54. The minimum Gasteiger partial charge on any atom is -0.494 e. The Morgan fingerprint density at radius 3 is 2.03 bits per heavy atom. The number of ether oxygens (including phenoxy) is 5. The molecule has 0 aliphatic carbocycles. The van der Waals surface area contributed by atoms with Crippen molar-refractivity contribution in [3.63, 3.8) is 0 Å². The molecule has 1 N–H and O–H groups in total. The summed E-state index contributed by atoms with van der Waals surface area (Å²) in [5.74, 6) is -1.62. The highest BCUT2D eigenvalue weighted by molar-refractivity contribution is 5.85. The third kappa shape index (κ3) is 9.23. The molecule has 1 saturated heterocycles. The fraction of sp³-hybridized carbons (Fsp3) is 0.433. The molecule has 1 fully saturated rings. The minimum absolute atomic E-state index is 0.210. The van der Waals surface area contributed by atoms with E-state index in [1.165, 1.54) is 0 Å². The summed E-state index contributed by atoms with van der Waals surface area (Å²) in [4.78, 5) is 34.9. The van der Waals surface area contributed by atoms with Crippen LogP contribution in [0.25, 0.3) is 11.1 Å². The van der Waals surface area contributed by atoms with Gasteiger partial charge in [-0.2, -0.15) is 0 Å². The van der Waals surface area contributed by atoms with Gasteiger partial charge in [-0.25, -0.2) is 14.4 Å². The van der Waals surface area contributed by atoms with E-state index in [1.807, 2.05) is 43.3 Å². The molecule has 0 amide bonds. The molecule has 1 aliphatic heterocycles. The predicted octanol–water partition coefficient (Wildman–Crippen LogP) is 5.23. The lowest BCUT2D eigenvalue weighted by molar-refractivity contribution is -0.161. The van der Waals surface area contributed by atoms with Crippen molar-refractivity contribution in [3.8, 4) is 16.9 Å². The molecule has 3 atom stereocenters. The zero-order valence-electron chi connectivity index (χ0n) is 22.2. The van der Waals surface area contributed by atoms with Crippen LogP contribution in [0.5, 0.6) is 5.75 Å². The molecule has 1 aliphatic rings. The summed E-state index contributed by atoms with van der Waals surface area (Å²) in [6.45, 7) is 6.55. The van der Waals surface area contributed by atoms with Gasteiger partial charge in [-0.15, -0.1) is 0 Å². The number of carbonyl (C=O) groups excluding carboxylic acids is 2. The highest BCUT2D eigenvalue weighted by atomic mass is 16.7. The first kappa shape index (κ1) is 29.9. The molecule has 210 valence electrons. The standard InChI is InChI=1S/C30H36O9/c1-3-5-18-37-29(34)27-26(28(32)33)38-30(39-27)23-12-10-21(11-13-23)22-14-16-24(17-15-22)35-19-8-6-7-9-20-36-25(31)4-2/h4,10-17,26-27,30H,2-3,5-9,18-20H2,1H3,(H,32,33)/t26-,27-,30?/m0/s1. The van der Waals surface area contributed by atoms with Crippen LogP contribution in [-0.4, -0.2) is 55.0 Å². The Morgan fingerprint density at radius 1 is 0.821 bits per heavy atom. The zero-order valence-corrected chi connectivity index (χ0v) is 22.2. The molecule has 2 aromatic rings. The first-order valence-corrected chi connectivity index (χ1v) is 13.3. The highest BCUT2D eigenvalue weighted by Crippen LogP contribution is 2.33. The largest absolute Gasteiger partial charge is 0.494 e. The SMILES string of the molecule is C=CC(=O)OCCCCCCOc1ccc(-c2ccc(C3O[C@H](C(=O)O)[C@@H](C(=O)OCCCC)O3)cc2)cc1. The normalized spacial score (nSPS) is 18.3. The van der Waals surface area contributed by atoms with Gasteiger partial charge in [-0.1, -0.05) is 56.3 Å². The molecule has 9 heteroatoms. The summed E-state index contributed by atoms with van der Waals surface area (Å²) in [5, 5.41) is 9.48. The Morgan fingerprint density at radius 2 is 1.41 bits per heavy atom. The maximum absolute atomic E-state index is 12.3. The Balaban J connectivity index is 1.46. The van der Waals surface area contributed by atoms with E-state index in [4.69, 9.17) is 23.7 Å². The smallest absolute Gasteiger partial charge is 0.338 e. The fourth-order valence-electron chi connectivity index (χ4n) is 3.92. The lowest BCUT2D eigenvalue weighted by Crippen LogP contribution is -2.38. The summed E-state index contributed by atoms with van der Waals surface area (Å²) >= 11 is 0. The number of carboxylic acid groups (broad SMARTS) is 1. The van der Waals surface area contributed by atoms with Crippen molar-refractivity contribution in [1.82, 2.24) is 0 Å². The first-order valence-electron chi connectivity index (χ1n) is 13.3. The molecule has 2 aromatic carbocycles. The van der Waals surface area contributed by atoms with Crippen molar-refractivity contribution in [2.75, 3.05) is 19.8 Å². The molecule has 1 heterocycles. The molecule has 9 nitrogen and oxygen atoms in total. The van der Waals surface area contributed by atoms with Gasteiger partial charge < -0.3 is 28.8 Å². The summed E-state index contributed by atoms with van der Waals surface area (Å²) in [6, 6.07) is 15.1. The van der Waals surface area contributed by atoms with Gasteiger partial charge in [0.15, 0.2) is 18.5 Å². The van der Waals surface area contributed by atoms with Crippen molar-refractivity contribution in [1.29, 1.82) is 0 Å². The van der Waals surface area contributed by atoms with Crippen LogP contribution < -0.4 is 4.74 Å². The van der Waals surface area contributed by atoms with E-state index in [-0.39, 0.29) is 6.61 Å². The van der Waals surface area contributed by atoms with Crippen LogP contribution in [-0.2, 0) is 33.3 Å². The van der Waals surface area contributed by atoms with Gasteiger partial charge >= 0.3 is 17.9 Å². The average Bonchev–Trinajstić information content (AvgIpc) is 3.41. The molecule has 3 rings (SSSR count). The van der Waals surface area contributed by atoms with Gasteiger partial charge in [0.1, 0.15) is 5.75 Å². The van der Waals surface area contributed by atoms with Gasteiger partial charge in [0, 0.05) is 11.6 Å². The lowest BCUT2D eigenvalue weighted by Gasteiger charge is -2.12. The number of esters is 2. The quantitative estimate of drug-likeness (QED) is 0.173. The molecule has 0 spiro atoms. The molecule has 0 bridgehead atoms. The topological polar surface area (TPSA) is 118 Å². The van der Waals surface area contributed by atoms with E-state index < -0.39 is 36.4 Å². The molecule has 1 unspecified atom stereocenters. The highest BCUT2D eigenvalue weighted by Gasteiger charge is 2.46. The minimum atomic E-state index is -1.43. The maximum atomic E-state index is 12.3. The molecular formula is C30H36O9. The van der Waals surface area contributed by atoms with Crippen LogP contribution in [0.15, 0.2) is 61.2 Å². The fourth-order valence-corrected chi connectivity index (χ4v) is 3.92. The van der Waals surface area contributed by atoms with Crippen molar-refractivity contribution >= 4 is 17.9 Å². The molecule has 0 radical (unpaired) electrons. The molecule has 39 heavy (non-hydrogen) atoms. The molecule has 0 aromatic heterocycles. The number of unbranched alkanes of at least 4 members (excludes halogenated alkanes) is 4. The number of benzene rings is 2. The lowest BCUT2D eigenvalue weighted by atomic mass is 10.0. The van der Waals surface area contributed by atoms with Crippen LogP contribution in [0, 0.1) is 0 Å². The van der Waals surface area contributed by atoms with E-state index in [0.29, 0.717) is 25.2 Å². The second-order valence-corrected chi connectivity index (χ2v) is 9.09. The number of aliphatic carboxylic acids is 1. The van der Waals surface area contributed by atoms with E-state index in [2.05, 4.69) is 6.58 Å². The van der Waals surface area contributed by atoms with Gasteiger partial charge in [0.05, 0.1) is 19.8 Å². The Labute approximate surface area is 228 Å². The van der Waals surface area contributed by atoms with E-state index in [1.54, 1.807) is 12.1 Å². The van der Waals surface area contributed by atoms with Gasteiger partial charge in [0.25, 0.3) is 0 Å². The number of carbonyl (C=O) groups is 3. The second-order valence-electron chi connectivity index (χ2n) is 9.09. The van der Waals surface area contributed by atoms with Crippen molar-refractivity contribution < 1.29 is 43.2 Å². The summed E-state index contributed by atoms with van der Waals surface area (Å²) < 4.78 is 27.1. The number of carboxylic acids is 1. The summed E-state index contributed by atoms with van der Waals surface area (Å²) in [6.07, 6.45) is 2.63. The Bertz CT molecular complexity index is 1080. The van der Waals surface area contributed by atoms with E-state index >= 15 is 0 Å². The van der Waals surface area contributed by atoms with Crippen LogP contribution in [0.3, 0.4) is 0 Å². The van der Waals surface area contributed by atoms with Crippen LogP contribution in [0.2, 0.25) is 0 Å². The van der Waals surface area contributed by atoms with E-state index in [0.717, 1.165) is 55.1 Å². The van der Waals surface area contributed by atoms with Crippen molar-refractivity contribution in [2.24, 2.45) is 0 Å². The van der Waals surface area contributed by atoms with Gasteiger partial charge in [0.2, 0.25) is 0 Å². The van der Waals surface area contributed by atoms with Crippen LogP contribution in [0.4, 0.5) is 0 Å². The van der Waals surface area contributed by atoms with Crippen LogP contribution >= 0.6 is 0 Å². The average molecular weight is 541 g/mol. The van der Waals surface area contributed by atoms with Gasteiger partial charge in [-0.05, 0) is 55.4 Å². The monoisotopic (exact) mass is 540 g/mol. The first-order chi connectivity index (χ1) is 18.9. The number of hydrogen-bond acceptors (Lipinski definition) is 8. The maximum Gasteiger partial charge on any atom is 0.338 e. The van der Waals surface area contributed by atoms with Crippen molar-refractivity contribution in [3.05, 3.63) is 66.7 Å². The zero-order chi connectivity index (χ0) is 28.0. The Hall–Kier alpha value is -3.69.